The molecular weight excluding hydrogens is 223 g/mol. The first kappa shape index (κ1) is 6.02. The molecule has 0 atom stereocenters. The topological polar surface area (TPSA) is 49.7 Å². The summed E-state index contributed by atoms with van der Waals surface area (Å²) in [7, 11) is -4.13. The zero-order valence-electron chi connectivity index (χ0n) is 8.99. The Bertz CT molecular complexity index is 356. The molecule has 0 aliphatic carbocycles. The fourth-order valence-electron chi connectivity index (χ4n) is 0.781. The van der Waals surface area contributed by atoms with Crippen molar-refractivity contribution in [1.29, 1.82) is 0 Å². The molecule has 0 aliphatic heterocycles. The summed E-state index contributed by atoms with van der Waals surface area (Å²) in [5.41, 5.74) is 0.243. The Morgan fingerprint density at radius 3 is 2.83 bits per heavy atom. The third-order valence-electron chi connectivity index (χ3n) is 1.37. The number of ether oxygens (including phenoxy) is 1. The molecule has 12 heavy (non-hydrogen) atoms. The van der Waals surface area contributed by atoms with Crippen LogP contribution < -0.4 is 10.2 Å². The minimum Gasteiger partial charge on any atom is -0.497 e. The lowest BCUT2D eigenvalue weighted by Crippen LogP contribution is -2.30. The van der Waals surface area contributed by atoms with Gasteiger partial charge >= 0.3 is 7.12 Å². The highest BCUT2D eigenvalue weighted by Gasteiger charge is 2.14. The molecule has 0 saturated carbocycles. The van der Waals surface area contributed by atoms with Crippen molar-refractivity contribution < 1.29 is 18.9 Å². The molecule has 3 nitrogen and oxygen atoms in total. The van der Waals surface area contributed by atoms with Crippen LogP contribution in [0.3, 0.4) is 0 Å². The van der Waals surface area contributed by atoms with Crippen LogP contribution in [0.5, 0.6) is 5.75 Å². The monoisotopic (exact) mass is 233 g/mol. The molecule has 0 fully saturated rings. The van der Waals surface area contributed by atoms with Crippen LogP contribution in [-0.4, -0.2) is 24.2 Å². The van der Waals surface area contributed by atoms with Crippen molar-refractivity contribution in [1.82, 2.24) is 0 Å². The molecule has 0 saturated heterocycles. The standard InChI is InChI=1S/C7H8BBrO3/c1-12-5-2-3-6(8(10)11)7(9)4-5/h2-4,10-11H,1H3/i1D3. The largest absolute Gasteiger partial charge is 0.497 e. The predicted molar refractivity (Wildman–Crippen MR) is 50.5 cm³/mol. The Morgan fingerprint density at radius 2 is 2.33 bits per heavy atom. The lowest BCUT2D eigenvalue weighted by Gasteiger charge is -2.04. The van der Waals surface area contributed by atoms with Crippen LogP contribution in [0.15, 0.2) is 22.7 Å². The van der Waals surface area contributed by atoms with E-state index in [1.54, 1.807) is 0 Å². The number of hydrogen-bond acceptors (Lipinski definition) is 3. The molecule has 64 valence electrons. The van der Waals surface area contributed by atoms with E-state index in [1.807, 2.05) is 0 Å². The summed E-state index contributed by atoms with van der Waals surface area (Å²) in [5, 5.41) is 17.8. The molecule has 5 heteroatoms. The lowest BCUT2D eigenvalue weighted by molar-refractivity contribution is 0.413. The molecular formula is C7H8BBrO3. The van der Waals surface area contributed by atoms with Gasteiger partial charge in [-0.15, -0.1) is 0 Å². The number of hydrogen-bond donors (Lipinski definition) is 2. The van der Waals surface area contributed by atoms with Crippen LogP contribution >= 0.6 is 15.9 Å². The first-order valence-corrected chi connectivity index (χ1v) is 3.93. The zero-order chi connectivity index (χ0) is 11.6. The van der Waals surface area contributed by atoms with Gasteiger partial charge in [-0.25, -0.2) is 0 Å². The van der Waals surface area contributed by atoms with Crippen LogP contribution in [0.25, 0.3) is 0 Å². The second-order valence-electron chi connectivity index (χ2n) is 2.16. The number of methoxy groups -OCH3 is 1. The van der Waals surface area contributed by atoms with Crippen molar-refractivity contribution in [3.63, 3.8) is 0 Å². The highest BCUT2D eigenvalue weighted by atomic mass is 79.9. The average molecular weight is 234 g/mol. The number of benzene rings is 1. The van der Waals surface area contributed by atoms with Crippen molar-refractivity contribution in [3.8, 4) is 5.75 Å². The molecule has 0 aliphatic rings. The number of halogens is 1. The smallest absolute Gasteiger partial charge is 0.489 e. The van der Waals surface area contributed by atoms with Crippen LogP contribution in [0, 0.1) is 0 Å². The molecule has 1 rings (SSSR count). The minimum atomic E-state index is -2.52. The Hall–Kier alpha value is -0.515. The van der Waals surface area contributed by atoms with E-state index in [2.05, 4.69) is 20.7 Å². The Balaban J connectivity index is 2.92. The van der Waals surface area contributed by atoms with Gasteiger partial charge in [-0.2, -0.15) is 0 Å². The molecule has 1 aromatic rings. The Kier molecular flexibility index (Phi) is 1.97. The Morgan fingerprint density at radius 1 is 1.58 bits per heavy atom. The van der Waals surface area contributed by atoms with E-state index in [4.69, 9.17) is 14.2 Å². The lowest BCUT2D eigenvalue weighted by atomic mass is 9.80. The van der Waals surface area contributed by atoms with E-state index in [0.717, 1.165) is 0 Å². The maximum atomic E-state index is 8.90. The van der Waals surface area contributed by atoms with Crippen LogP contribution in [-0.2, 0) is 0 Å². The summed E-state index contributed by atoms with van der Waals surface area (Å²) in [6, 6.07) is 4.09. The van der Waals surface area contributed by atoms with Crippen molar-refractivity contribution in [2.45, 2.75) is 0 Å². The van der Waals surface area contributed by atoms with Gasteiger partial charge in [-0.05, 0) is 17.6 Å². The summed E-state index contributed by atoms with van der Waals surface area (Å²) in [5.74, 6) is 0.131. The summed E-state index contributed by atoms with van der Waals surface area (Å²) < 4.78 is 25.6. The highest BCUT2D eigenvalue weighted by Crippen LogP contribution is 2.15. The first-order chi connectivity index (χ1) is 6.79. The fourth-order valence-corrected chi connectivity index (χ4v) is 1.34. The van der Waals surface area contributed by atoms with Crippen molar-refractivity contribution in [2.24, 2.45) is 0 Å². The minimum absolute atomic E-state index is 0.131. The molecule has 0 spiro atoms. The molecule has 0 radical (unpaired) electrons. The maximum absolute atomic E-state index is 8.90. The molecule has 0 amide bonds. The van der Waals surface area contributed by atoms with Gasteiger partial charge in [0.25, 0.3) is 0 Å². The van der Waals surface area contributed by atoms with Crippen molar-refractivity contribution in [2.75, 3.05) is 7.04 Å². The van der Waals surface area contributed by atoms with Gasteiger partial charge in [-0.1, -0.05) is 22.0 Å². The molecule has 2 N–H and O–H groups in total. The van der Waals surface area contributed by atoms with Gasteiger partial charge in [0.15, 0.2) is 0 Å². The van der Waals surface area contributed by atoms with E-state index in [1.165, 1.54) is 18.2 Å². The third kappa shape index (κ3) is 2.00. The predicted octanol–water partition coefficient (Wildman–Crippen LogP) is 0.138. The summed E-state index contributed by atoms with van der Waals surface area (Å²) >= 11 is 3.07. The van der Waals surface area contributed by atoms with E-state index in [-0.39, 0.29) is 11.2 Å². The molecule has 0 heterocycles. The summed E-state index contributed by atoms with van der Waals surface area (Å²) in [6.45, 7) is 0. The Labute approximate surface area is 83.5 Å². The van der Waals surface area contributed by atoms with Crippen LogP contribution in [0.1, 0.15) is 4.11 Å². The van der Waals surface area contributed by atoms with E-state index < -0.39 is 14.2 Å². The third-order valence-corrected chi connectivity index (χ3v) is 2.05. The van der Waals surface area contributed by atoms with Gasteiger partial charge in [0.05, 0.1) is 11.2 Å². The molecule has 1 aromatic carbocycles. The van der Waals surface area contributed by atoms with Gasteiger partial charge < -0.3 is 14.8 Å². The second-order valence-corrected chi connectivity index (χ2v) is 3.01. The van der Waals surface area contributed by atoms with E-state index in [0.29, 0.717) is 4.47 Å². The number of rotatable bonds is 2. The van der Waals surface area contributed by atoms with Crippen molar-refractivity contribution in [3.05, 3.63) is 22.7 Å². The van der Waals surface area contributed by atoms with Gasteiger partial charge in [-0.3, -0.25) is 0 Å². The molecule has 0 unspecified atom stereocenters. The molecule has 0 bridgehead atoms. The second kappa shape index (κ2) is 3.93. The van der Waals surface area contributed by atoms with Gasteiger partial charge in [0, 0.05) is 4.47 Å². The summed E-state index contributed by atoms with van der Waals surface area (Å²) in [6.07, 6.45) is 0. The quantitative estimate of drug-likeness (QED) is 0.715. The maximum Gasteiger partial charge on any atom is 0.489 e. The van der Waals surface area contributed by atoms with Gasteiger partial charge in [0.2, 0.25) is 0 Å². The molecule has 0 aromatic heterocycles. The van der Waals surface area contributed by atoms with Gasteiger partial charge in [0.1, 0.15) is 5.75 Å². The first-order valence-electron chi connectivity index (χ1n) is 4.64. The van der Waals surface area contributed by atoms with E-state index >= 15 is 0 Å². The SMILES string of the molecule is [2H]C([2H])([2H])Oc1ccc(B(O)O)c(Br)c1. The fraction of sp³-hybridized carbons (Fsp3) is 0.143. The van der Waals surface area contributed by atoms with Crippen LogP contribution in [0.4, 0.5) is 0 Å². The average Bonchev–Trinajstić information content (AvgIpc) is 1.99. The van der Waals surface area contributed by atoms with Crippen molar-refractivity contribution >= 4 is 28.5 Å². The van der Waals surface area contributed by atoms with Crippen LogP contribution in [0.2, 0.25) is 0 Å². The zero-order valence-corrected chi connectivity index (χ0v) is 7.58. The normalized spacial score (nSPS) is 14.4. The van der Waals surface area contributed by atoms with E-state index in [9.17, 15) is 0 Å². The highest BCUT2D eigenvalue weighted by molar-refractivity contribution is 9.10. The summed E-state index contributed by atoms with van der Waals surface area (Å²) in [4.78, 5) is 0.